The van der Waals surface area contributed by atoms with Crippen molar-refractivity contribution in [3.8, 4) is 5.88 Å². The molecule has 4 nitrogen and oxygen atoms in total. The zero-order valence-corrected chi connectivity index (χ0v) is 11.9. The highest BCUT2D eigenvalue weighted by molar-refractivity contribution is 5.15. The fraction of sp³-hybridized carbons (Fsp3) is 0.643. The minimum atomic E-state index is 0.446. The van der Waals surface area contributed by atoms with Crippen molar-refractivity contribution in [2.45, 2.75) is 46.3 Å². The van der Waals surface area contributed by atoms with Crippen LogP contribution in [0, 0.1) is 0 Å². The zero-order chi connectivity index (χ0) is 13.5. The van der Waals surface area contributed by atoms with Crippen molar-refractivity contribution in [3.63, 3.8) is 0 Å². The largest absolute Gasteiger partial charge is 0.476 e. The topological polar surface area (TPSA) is 51.4 Å². The Morgan fingerprint density at radius 3 is 2.44 bits per heavy atom. The molecule has 0 atom stereocenters. The molecule has 0 radical (unpaired) electrons. The van der Waals surface area contributed by atoms with Crippen LogP contribution in [0.4, 0.5) is 0 Å². The highest BCUT2D eigenvalue weighted by atomic mass is 16.5. The SMILES string of the molecule is CC(C)N(CCOc1cccc(CN)n1)C(C)C. The Labute approximate surface area is 110 Å². The van der Waals surface area contributed by atoms with Crippen LogP contribution in [0.2, 0.25) is 0 Å². The van der Waals surface area contributed by atoms with Crippen molar-refractivity contribution in [2.75, 3.05) is 13.2 Å². The van der Waals surface area contributed by atoms with Gasteiger partial charge in [0.05, 0.1) is 5.69 Å². The highest BCUT2D eigenvalue weighted by Crippen LogP contribution is 2.08. The summed E-state index contributed by atoms with van der Waals surface area (Å²) in [5.74, 6) is 0.658. The summed E-state index contributed by atoms with van der Waals surface area (Å²) < 4.78 is 5.67. The minimum Gasteiger partial charge on any atom is -0.476 e. The van der Waals surface area contributed by atoms with Crippen LogP contribution in [0.5, 0.6) is 5.88 Å². The normalized spacial score (nSPS) is 11.6. The predicted molar refractivity (Wildman–Crippen MR) is 74.6 cm³/mol. The van der Waals surface area contributed by atoms with Crippen molar-refractivity contribution >= 4 is 0 Å². The first-order valence-corrected chi connectivity index (χ1v) is 6.59. The molecule has 1 aromatic heterocycles. The third-order valence-corrected chi connectivity index (χ3v) is 2.92. The molecule has 0 bridgehead atoms. The number of hydrogen-bond donors (Lipinski definition) is 1. The molecule has 0 saturated carbocycles. The van der Waals surface area contributed by atoms with Gasteiger partial charge in [0.1, 0.15) is 6.61 Å². The molecule has 1 rings (SSSR count). The molecule has 0 aliphatic rings. The summed E-state index contributed by atoms with van der Waals surface area (Å²) in [5, 5.41) is 0. The second-order valence-corrected chi connectivity index (χ2v) is 4.95. The summed E-state index contributed by atoms with van der Waals surface area (Å²) in [6.07, 6.45) is 0. The van der Waals surface area contributed by atoms with Crippen LogP contribution in [0.25, 0.3) is 0 Å². The quantitative estimate of drug-likeness (QED) is 0.805. The Bertz CT molecular complexity index is 345. The van der Waals surface area contributed by atoms with E-state index in [2.05, 4.69) is 37.6 Å². The van der Waals surface area contributed by atoms with Crippen LogP contribution in [-0.2, 0) is 6.54 Å². The molecule has 1 aromatic rings. The molecular weight excluding hydrogens is 226 g/mol. The van der Waals surface area contributed by atoms with E-state index in [0.717, 1.165) is 12.2 Å². The maximum absolute atomic E-state index is 5.67. The lowest BCUT2D eigenvalue weighted by molar-refractivity contribution is 0.140. The molecule has 0 aromatic carbocycles. The molecule has 0 amide bonds. The van der Waals surface area contributed by atoms with Gasteiger partial charge in [-0.15, -0.1) is 0 Å². The monoisotopic (exact) mass is 251 g/mol. The van der Waals surface area contributed by atoms with Crippen LogP contribution in [-0.4, -0.2) is 35.1 Å². The van der Waals surface area contributed by atoms with Gasteiger partial charge in [-0.05, 0) is 33.8 Å². The van der Waals surface area contributed by atoms with Gasteiger partial charge in [0.2, 0.25) is 5.88 Å². The van der Waals surface area contributed by atoms with Crippen molar-refractivity contribution in [1.29, 1.82) is 0 Å². The summed E-state index contributed by atoms with van der Waals surface area (Å²) in [5.41, 5.74) is 6.41. The van der Waals surface area contributed by atoms with Gasteiger partial charge in [-0.3, -0.25) is 4.90 Å². The van der Waals surface area contributed by atoms with Gasteiger partial charge in [0, 0.05) is 31.2 Å². The van der Waals surface area contributed by atoms with Gasteiger partial charge in [0.25, 0.3) is 0 Å². The molecule has 0 spiro atoms. The van der Waals surface area contributed by atoms with Crippen LogP contribution < -0.4 is 10.5 Å². The number of rotatable bonds is 7. The van der Waals surface area contributed by atoms with Crippen molar-refractivity contribution in [2.24, 2.45) is 5.73 Å². The van der Waals surface area contributed by atoms with Gasteiger partial charge in [-0.25, -0.2) is 4.98 Å². The molecule has 102 valence electrons. The molecular formula is C14H25N3O. The molecule has 0 aliphatic carbocycles. The van der Waals surface area contributed by atoms with E-state index >= 15 is 0 Å². The van der Waals surface area contributed by atoms with Gasteiger partial charge >= 0.3 is 0 Å². The number of nitrogens with zero attached hydrogens (tertiary/aromatic N) is 2. The Hall–Kier alpha value is -1.13. The first-order chi connectivity index (χ1) is 8.54. The fourth-order valence-electron chi connectivity index (χ4n) is 2.02. The number of hydrogen-bond acceptors (Lipinski definition) is 4. The maximum Gasteiger partial charge on any atom is 0.213 e. The Morgan fingerprint density at radius 1 is 1.22 bits per heavy atom. The number of ether oxygens (including phenoxy) is 1. The number of nitrogens with two attached hydrogens (primary N) is 1. The lowest BCUT2D eigenvalue weighted by atomic mass is 10.2. The van der Waals surface area contributed by atoms with E-state index in [1.165, 1.54) is 0 Å². The van der Waals surface area contributed by atoms with Gasteiger partial charge in [-0.2, -0.15) is 0 Å². The molecule has 2 N–H and O–H groups in total. The predicted octanol–water partition coefficient (Wildman–Crippen LogP) is 2.04. The molecule has 1 heterocycles. The van der Waals surface area contributed by atoms with E-state index in [9.17, 15) is 0 Å². The molecule has 0 unspecified atom stereocenters. The Kier molecular flexibility index (Phi) is 6.09. The summed E-state index contributed by atoms with van der Waals surface area (Å²) in [4.78, 5) is 6.71. The van der Waals surface area contributed by atoms with E-state index in [1.54, 1.807) is 0 Å². The number of pyridine rings is 1. The third-order valence-electron chi connectivity index (χ3n) is 2.92. The summed E-state index contributed by atoms with van der Waals surface area (Å²) in [6.45, 7) is 10.8. The average molecular weight is 251 g/mol. The highest BCUT2D eigenvalue weighted by Gasteiger charge is 2.12. The van der Waals surface area contributed by atoms with E-state index in [0.29, 0.717) is 31.1 Å². The fourth-order valence-corrected chi connectivity index (χ4v) is 2.02. The Morgan fingerprint density at radius 2 is 1.89 bits per heavy atom. The van der Waals surface area contributed by atoms with Crippen molar-refractivity contribution in [3.05, 3.63) is 23.9 Å². The molecule has 0 fully saturated rings. The van der Waals surface area contributed by atoms with Gasteiger partial charge < -0.3 is 10.5 Å². The third kappa shape index (κ3) is 4.63. The van der Waals surface area contributed by atoms with Gasteiger partial charge in [0.15, 0.2) is 0 Å². The first-order valence-electron chi connectivity index (χ1n) is 6.59. The maximum atomic E-state index is 5.67. The minimum absolute atomic E-state index is 0.446. The second-order valence-electron chi connectivity index (χ2n) is 4.95. The first kappa shape index (κ1) is 14.9. The van der Waals surface area contributed by atoms with Crippen molar-refractivity contribution < 1.29 is 4.74 Å². The summed E-state index contributed by atoms with van der Waals surface area (Å²) in [7, 11) is 0. The van der Waals surface area contributed by atoms with Crippen LogP contribution in [0.15, 0.2) is 18.2 Å². The number of aromatic nitrogens is 1. The van der Waals surface area contributed by atoms with Crippen LogP contribution in [0.1, 0.15) is 33.4 Å². The average Bonchev–Trinajstić information content (AvgIpc) is 2.34. The zero-order valence-electron chi connectivity index (χ0n) is 11.9. The lowest BCUT2D eigenvalue weighted by Gasteiger charge is -2.30. The second kappa shape index (κ2) is 7.34. The smallest absolute Gasteiger partial charge is 0.213 e. The molecule has 0 saturated heterocycles. The van der Waals surface area contributed by atoms with E-state index < -0.39 is 0 Å². The van der Waals surface area contributed by atoms with Crippen molar-refractivity contribution in [1.82, 2.24) is 9.88 Å². The van der Waals surface area contributed by atoms with E-state index in [1.807, 2.05) is 18.2 Å². The standard InChI is InChI=1S/C14H25N3O/c1-11(2)17(12(3)4)8-9-18-14-7-5-6-13(10-15)16-14/h5-7,11-12H,8-10,15H2,1-4H3. The molecule has 18 heavy (non-hydrogen) atoms. The summed E-state index contributed by atoms with van der Waals surface area (Å²) in [6, 6.07) is 6.75. The van der Waals surface area contributed by atoms with Crippen LogP contribution in [0.3, 0.4) is 0 Å². The van der Waals surface area contributed by atoms with Crippen LogP contribution >= 0.6 is 0 Å². The molecule has 0 aliphatic heterocycles. The van der Waals surface area contributed by atoms with E-state index in [-0.39, 0.29) is 0 Å². The Balaban J connectivity index is 2.44. The lowest BCUT2D eigenvalue weighted by Crippen LogP contribution is -2.39. The molecule has 4 heteroatoms. The summed E-state index contributed by atoms with van der Waals surface area (Å²) >= 11 is 0. The van der Waals surface area contributed by atoms with E-state index in [4.69, 9.17) is 10.5 Å². The van der Waals surface area contributed by atoms with Gasteiger partial charge in [-0.1, -0.05) is 6.07 Å².